The molecule has 0 fully saturated rings. The summed E-state index contributed by atoms with van der Waals surface area (Å²) in [6.07, 6.45) is 2.01. The molecule has 0 unspecified atom stereocenters. The van der Waals surface area contributed by atoms with Crippen LogP contribution in [0.3, 0.4) is 0 Å². The highest BCUT2D eigenvalue weighted by atomic mass is 127. The van der Waals surface area contributed by atoms with Crippen molar-refractivity contribution in [1.82, 2.24) is 4.57 Å². The van der Waals surface area contributed by atoms with Crippen LogP contribution in [-0.2, 0) is 6.54 Å². The summed E-state index contributed by atoms with van der Waals surface area (Å²) < 4.78 is 17.1. The highest BCUT2D eigenvalue weighted by Gasteiger charge is 2.10. The molecular weight excluding hydrogens is 412 g/mol. The number of hydrogen-bond donors (Lipinski definition) is 0. The van der Waals surface area contributed by atoms with Gasteiger partial charge in [0.2, 0.25) is 0 Å². The molecule has 3 heteroatoms. The third kappa shape index (κ3) is 2.84. The third-order valence-electron chi connectivity index (χ3n) is 4.22. The molecule has 1 heterocycles. The molecule has 4 aromatic rings. The summed E-state index contributed by atoms with van der Waals surface area (Å²) in [6, 6.07) is 24.2. The van der Waals surface area contributed by atoms with Gasteiger partial charge in [-0.05, 0) is 51.4 Å². The number of hydrogen-bond acceptors (Lipinski definition) is 0. The van der Waals surface area contributed by atoms with Crippen molar-refractivity contribution in [1.29, 1.82) is 0 Å². The van der Waals surface area contributed by atoms with E-state index < -0.39 is 0 Å². The Morgan fingerprint density at radius 3 is 2.25 bits per heavy atom. The number of aromatic nitrogens is 1. The van der Waals surface area contributed by atoms with Crippen molar-refractivity contribution in [2.45, 2.75) is 6.54 Å². The Balaban J connectivity index is 1.66. The van der Waals surface area contributed by atoms with E-state index in [1.807, 2.05) is 30.5 Å². The Hall–Kier alpha value is -2.14. The molecule has 0 amide bonds. The van der Waals surface area contributed by atoms with Gasteiger partial charge in [0.1, 0.15) is 5.82 Å². The van der Waals surface area contributed by atoms with Crippen LogP contribution in [0.15, 0.2) is 79.0 Å². The van der Waals surface area contributed by atoms with Gasteiger partial charge in [0, 0.05) is 21.7 Å². The van der Waals surface area contributed by atoms with Crippen LogP contribution in [0.4, 0.5) is 4.39 Å². The Kier molecular flexibility index (Phi) is 4.10. The minimum absolute atomic E-state index is 0.157. The van der Waals surface area contributed by atoms with Gasteiger partial charge in [-0.1, -0.05) is 60.7 Å². The number of fused-ring (bicyclic) bond motifs is 1. The monoisotopic (exact) mass is 427 g/mol. The highest BCUT2D eigenvalue weighted by Crippen LogP contribution is 2.27. The van der Waals surface area contributed by atoms with E-state index in [0.717, 1.165) is 15.6 Å². The van der Waals surface area contributed by atoms with Gasteiger partial charge in [-0.2, -0.15) is 0 Å². The van der Waals surface area contributed by atoms with Crippen LogP contribution >= 0.6 is 22.6 Å². The van der Waals surface area contributed by atoms with Crippen LogP contribution in [0, 0.1) is 9.39 Å². The second kappa shape index (κ2) is 6.40. The molecule has 24 heavy (non-hydrogen) atoms. The van der Waals surface area contributed by atoms with E-state index >= 15 is 0 Å². The summed E-state index contributed by atoms with van der Waals surface area (Å²) in [5.74, 6) is -0.157. The van der Waals surface area contributed by atoms with E-state index in [4.69, 9.17) is 0 Å². The van der Waals surface area contributed by atoms with Crippen molar-refractivity contribution in [2.75, 3.05) is 0 Å². The lowest BCUT2D eigenvalue weighted by atomic mass is 10.0. The van der Waals surface area contributed by atoms with E-state index in [9.17, 15) is 4.39 Å². The van der Waals surface area contributed by atoms with E-state index in [2.05, 4.69) is 63.6 Å². The van der Waals surface area contributed by atoms with Gasteiger partial charge in [-0.3, -0.25) is 0 Å². The molecule has 4 rings (SSSR count). The normalized spacial score (nSPS) is 11.1. The van der Waals surface area contributed by atoms with Crippen molar-refractivity contribution in [2.24, 2.45) is 0 Å². The maximum absolute atomic E-state index is 14.0. The third-order valence-corrected chi connectivity index (χ3v) is 5.04. The van der Waals surface area contributed by atoms with E-state index in [-0.39, 0.29) is 5.82 Å². The quantitative estimate of drug-likeness (QED) is 0.348. The predicted molar refractivity (Wildman–Crippen MR) is 106 cm³/mol. The molecule has 0 aliphatic carbocycles. The van der Waals surface area contributed by atoms with Crippen molar-refractivity contribution < 1.29 is 4.39 Å². The predicted octanol–water partition coefficient (Wildman–Crippen LogP) is 6.10. The standard InChI is InChI=1S/C21H15FIN/c22-18-7-4-8-20-21(18)19(23)14-24(20)13-15-9-11-17(12-10-15)16-5-2-1-3-6-16/h1-12,14H,13H2. The first kappa shape index (κ1) is 15.4. The fraction of sp³-hybridized carbons (Fsp3) is 0.0476. The number of rotatable bonds is 3. The fourth-order valence-corrected chi connectivity index (χ4v) is 3.89. The van der Waals surface area contributed by atoms with Crippen LogP contribution in [0.25, 0.3) is 22.0 Å². The largest absolute Gasteiger partial charge is 0.342 e. The Morgan fingerprint density at radius 1 is 0.792 bits per heavy atom. The summed E-state index contributed by atoms with van der Waals surface area (Å²) in [4.78, 5) is 0. The lowest BCUT2D eigenvalue weighted by Gasteiger charge is -2.07. The SMILES string of the molecule is Fc1cccc2c1c(I)cn2Cc1ccc(-c2ccccc2)cc1. The molecule has 0 spiro atoms. The lowest BCUT2D eigenvalue weighted by Crippen LogP contribution is -1.97. The summed E-state index contributed by atoms with van der Waals surface area (Å²) >= 11 is 2.20. The molecule has 0 N–H and O–H groups in total. The lowest BCUT2D eigenvalue weighted by molar-refractivity contribution is 0.639. The summed E-state index contributed by atoms with van der Waals surface area (Å²) in [7, 11) is 0. The maximum atomic E-state index is 14.0. The van der Waals surface area contributed by atoms with Crippen LogP contribution in [-0.4, -0.2) is 4.57 Å². The smallest absolute Gasteiger partial charge is 0.133 e. The number of halogens is 2. The zero-order valence-corrected chi connectivity index (χ0v) is 15.1. The summed E-state index contributed by atoms with van der Waals surface area (Å²) in [6.45, 7) is 0.734. The average molecular weight is 427 g/mol. The Bertz CT molecular complexity index is 988. The topological polar surface area (TPSA) is 4.93 Å². The maximum Gasteiger partial charge on any atom is 0.133 e. The molecule has 0 atom stereocenters. The first-order valence-electron chi connectivity index (χ1n) is 7.79. The minimum Gasteiger partial charge on any atom is -0.342 e. The molecule has 1 nitrogen and oxygen atoms in total. The van der Waals surface area contributed by atoms with Gasteiger partial charge in [0.05, 0.1) is 5.52 Å². The Labute approximate surface area is 153 Å². The van der Waals surface area contributed by atoms with Gasteiger partial charge in [0.25, 0.3) is 0 Å². The molecule has 0 saturated heterocycles. The molecule has 1 aromatic heterocycles. The van der Waals surface area contributed by atoms with E-state index in [0.29, 0.717) is 5.39 Å². The molecule has 3 aromatic carbocycles. The molecule has 0 saturated carbocycles. The highest BCUT2D eigenvalue weighted by molar-refractivity contribution is 14.1. The van der Waals surface area contributed by atoms with Crippen molar-refractivity contribution in [3.8, 4) is 11.1 Å². The van der Waals surface area contributed by atoms with Gasteiger partial charge < -0.3 is 4.57 Å². The molecular formula is C21H15FIN. The summed E-state index contributed by atoms with van der Waals surface area (Å²) in [5.41, 5.74) is 4.56. The fourth-order valence-electron chi connectivity index (χ4n) is 3.02. The first-order chi connectivity index (χ1) is 11.7. The van der Waals surface area contributed by atoms with Crippen LogP contribution in [0.5, 0.6) is 0 Å². The number of nitrogens with zero attached hydrogens (tertiary/aromatic N) is 1. The van der Waals surface area contributed by atoms with Gasteiger partial charge >= 0.3 is 0 Å². The summed E-state index contributed by atoms with van der Waals surface area (Å²) in [5, 5.41) is 0.707. The zero-order chi connectivity index (χ0) is 16.5. The van der Waals surface area contributed by atoms with Crippen LogP contribution in [0.2, 0.25) is 0 Å². The Morgan fingerprint density at radius 2 is 1.50 bits per heavy atom. The minimum atomic E-state index is -0.157. The van der Waals surface area contributed by atoms with Gasteiger partial charge in [0.15, 0.2) is 0 Å². The average Bonchev–Trinajstić information content (AvgIpc) is 2.93. The second-order valence-corrected chi connectivity index (χ2v) is 6.96. The van der Waals surface area contributed by atoms with Gasteiger partial charge in [-0.25, -0.2) is 4.39 Å². The van der Waals surface area contributed by atoms with Crippen LogP contribution < -0.4 is 0 Å². The molecule has 0 aliphatic rings. The van der Waals surface area contributed by atoms with Crippen molar-refractivity contribution in [3.63, 3.8) is 0 Å². The van der Waals surface area contributed by atoms with Crippen LogP contribution in [0.1, 0.15) is 5.56 Å². The zero-order valence-electron chi connectivity index (χ0n) is 12.9. The van der Waals surface area contributed by atoms with Crippen molar-refractivity contribution >= 4 is 33.5 Å². The second-order valence-electron chi connectivity index (χ2n) is 5.80. The molecule has 0 bridgehead atoms. The number of benzene rings is 3. The van der Waals surface area contributed by atoms with Gasteiger partial charge in [-0.15, -0.1) is 0 Å². The molecule has 0 aliphatic heterocycles. The van der Waals surface area contributed by atoms with E-state index in [1.165, 1.54) is 22.8 Å². The molecule has 118 valence electrons. The van der Waals surface area contributed by atoms with Crippen molar-refractivity contribution in [3.05, 3.63) is 93.9 Å². The van der Waals surface area contributed by atoms with E-state index in [1.54, 1.807) is 6.07 Å². The molecule has 0 radical (unpaired) electrons. The first-order valence-corrected chi connectivity index (χ1v) is 8.87.